The molecule has 1 N–H and O–H groups in total. The molecule has 5 heteroatoms. The molecule has 0 unspecified atom stereocenters. The summed E-state index contributed by atoms with van der Waals surface area (Å²) in [5.74, 6) is 0. The molecule has 1 aliphatic rings. The zero-order chi connectivity index (χ0) is 34.5. The van der Waals surface area contributed by atoms with Gasteiger partial charge in [0.15, 0.2) is 0 Å². The smallest absolute Gasteiger partial charge is 0.229 e. The zero-order valence-corrected chi connectivity index (χ0v) is 29.2. The highest BCUT2D eigenvalue weighted by atomic mass is 32.1. The molecule has 0 spiro atoms. The van der Waals surface area contributed by atoms with Crippen molar-refractivity contribution in [2.24, 2.45) is 0 Å². The summed E-state index contributed by atoms with van der Waals surface area (Å²) in [7, 11) is 4.19. The van der Waals surface area contributed by atoms with E-state index < -0.39 is 0 Å². The van der Waals surface area contributed by atoms with E-state index in [9.17, 15) is 0 Å². The van der Waals surface area contributed by atoms with Crippen LogP contribution in [0.1, 0.15) is 16.0 Å². The van der Waals surface area contributed by atoms with Crippen LogP contribution in [0.3, 0.4) is 0 Å². The van der Waals surface area contributed by atoms with E-state index in [2.05, 4.69) is 162 Å². The second kappa shape index (κ2) is 14.5. The molecule has 0 fully saturated rings. The van der Waals surface area contributed by atoms with E-state index in [1.807, 2.05) is 42.5 Å². The monoisotopic (exact) mass is 665 g/mol. The summed E-state index contributed by atoms with van der Waals surface area (Å²) in [6.07, 6.45) is 8.76. The second-order valence-electron chi connectivity index (χ2n) is 12.2. The standard InChI is InChI=1S/C45H36N4S/c1-32-16-14-15-23-40(32)47-45-43(46-2)42(33-17-8-5-9-18-33)44(50-45)41(34-24-28-38(29-25-34)48(3)36-19-10-6-11-20-36)35-26-30-39(31-27-35)49(4)37-21-12-7-13-22-37/h5-31H,1,3-4H3/p+1. The molecule has 4 nitrogen and oxygen atoms in total. The first-order valence-corrected chi connectivity index (χ1v) is 17.4. The summed E-state index contributed by atoms with van der Waals surface area (Å²) >= 11 is 1.64. The lowest BCUT2D eigenvalue weighted by Gasteiger charge is -2.20. The molecule has 50 heavy (non-hydrogen) atoms. The van der Waals surface area contributed by atoms with E-state index >= 15 is 0 Å². The Bertz CT molecular complexity index is 2290. The van der Waals surface area contributed by atoms with E-state index in [0.29, 0.717) is 5.69 Å². The first-order chi connectivity index (χ1) is 24.5. The van der Waals surface area contributed by atoms with Gasteiger partial charge in [0.05, 0.1) is 11.6 Å². The first-order valence-electron chi connectivity index (χ1n) is 16.6. The van der Waals surface area contributed by atoms with Crippen LogP contribution < -0.4 is 10.2 Å². The number of benzene rings is 5. The number of hydrogen-bond acceptors (Lipinski definition) is 3. The summed E-state index contributed by atoms with van der Waals surface area (Å²) in [5, 5.41) is 4.48. The number of aryl methyl sites for hydroxylation is 1. The fraction of sp³-hybridized carbons (Fsp3) is 0.0667. The van der Waals surface area contributed by atoms with Crippen LogP contribution in [0.5, 0.6) is 0 Å². The minimum absolute atomic E-state index is 0.623. The summed E-state index contributed by atoms with van der Waals surface area (Å²) < 4.78 is 2.19. The number of allylic oxidation sites excluding steroid dienone is 5. The molecular formula is C45H37N4S+. The molecule has 5 aromatic carbocycles. The first kappa shape index (κ1) is 32.3. The molecule has 1 aliphatic carbocycles. The number of para-hydroxylation sites is 3. The summed E-state index contributed by atoms with van der Waals surface area (Å²) in [4.78, 5) is 7.42. The zero-order valence-electron chi connectivity index (χ0n) is 28.3. The Labute approximate surface area is 298 Å². The molecule has 0 bridgehead atoms. The van der Waals surface area contributed by atoms with Gasteiger partial charge >= 0.3 is 0 Å². The third kappa shape index (κ3) is 6.58. The van der Waals surface area contributed by atoms with Crippen LogP contribution in [0.15, 0.2) is 169 Å². The molecule has 0 saturated heterocycles. The van der Waals surface area contributed by atoms with Crippen LogP contribution >= 0.6 is 11.3 Å². The van der Waals surface area contributed by atoms with Crippen molar-refractivity contribution in [2.75, 3.05) is 24.3 Å². The van der Waals surface area contributed by atoms with Gasteiger partial charge < -0.3 is 10.2 Å². The number of nitrogens with zero attached hydrogens (tertiary/aromatic N) is 3. The van der Waals surface area contributed by atoms with Gasteiger partial charge in [-0.2, -0.15) is 4.58 Å². The van der Waals surface area contributed by atoms with Gasteiger partial charge in [0.2, 0.25) is 17.1 Å². The minimum Gasteiger partial charge on any atom is -0.356 e. The summed E-state index contributed by atoms with van der Waals surface area (Å²) in [6, 6.07) is 48.1. The molecule has 242 valence electrons. The Hall–Kier alpha value is -6.22. The Kier molecular flexibility index (Phi) is 9.37. The van der Waals surface area contributed by atoms with Gasteiger partial charge in [-0.25, -0.2) is 4.85 Å². The SMILES string of the molecule is [C-]#[N+]c1c(Nc2ccccc2C)sc(C(=C2C=CC(=[N+](C)c3ccccc3)C=C2)c2ccc(N(C)c3ccccc3)cc2)c1-c1ccccc1. The second-order valence-corrected chi connectivity index (χ2v) is 13.2. The molecule has 1 heterocycles. The lowest BCUT2D eigenvalue weighted by atomic mass is 9.91. The van der Waals surface area contributed by atoms with Crippen LogP contribution in [-0.4, -0.2) is 24.4 Å². The van der Waals surface area contributed by atoms with Gasteiger partial charge in [-0.15, -0.1) is 11.3 Å². The fourth-order valence-electron chi connectivity index (χ4n) is 6.23. The number of rotatable bonds is 8. The van der Waals surface area contributed by atoms with Gasteiger partial charge in [-0.05, 0) is 71.7 Å². The van der Waals surface area contributed by atoms with E-state index in [-0.39, 0.29) is 0 Å². The predicted molar refractivity (Wildman–Crippen MR) is 213 cm³/mol. The Balaban J connectivity index is 1.42. The van der Waals surface area contributed by atoms with Gasteiger partial charge in [0.1, 0.15) is 7.05 Å². The molecule has 7 rings (SSSR count). The normalized spacial score (nSPS) is 12.0. The molecule has 0 amide bonds. The van der Waals surface area contributed by atoms with Crippen molar-refractivity contribution >= 4 is 56.1 Å². The summed E-state index contributed by atoms with van der Waals surface area (Å²) in [5.41, 5.74) is 12.4. The van der Waals surface area contributed by atoms with Crippen LogP contribution in [-0.2, 0) is 0 Å². The van der Waals surface area contributed by atoms with Gasteiger partial charge in [0.25, 0.3) is 0 Å². The number of thiophene rings is 1. The van der Waals surface area contributed by atoms with Crippen molar-refractivity contribution in [2.45, 2.75) is 6.92 Å². The van der Waals surface area contributed by atoms with E-state index in [4.69, 9.17) is 6.57 Å². The predicted octanol–water partition coefficient (Wildman–Crippen LogP) is 12.1. The van der Waals surface area contributed by atoms with Crippen molar-refractivity contribution in [1.82, 2.24) is 0 Å². The van der Waals surface area contributed by atoms with Crippen molar-refractivity contribution in [1.29, 1.82) is 0 Å². The maximum Gasteiger partial charge on any atom is 0.229 e. The average Bonchev–Trinajstić information content (AvgIpc) is 3.54. The average molecular weight is 666 g/mol. The third-order valence-corrected chi connectivity index (χ3v) is 10.2. The molecule has 0 aliphatic heterocycles. The lowest BCUT2D eigenvalue weighted by molar-refractivity contribution is -0.403. The number of hydrogen-bond donors (Lipinski definition) is 1. The van der Waals surface area contributed by atoms with Gasteiger partial charge in [0, 0.05) is 64.4 Å². The number of anilines is 4. The van der Waals surface area contributed by atoms with Crippen molar-refractivity contribution in [3.63, 3.8) is 0 Å². The van der Waals surface area contributed by atoms with Crippen molar-refractivity contribution in [3.8, 4) is 11.1 Å². The third-order valence-electron chi connectivity index (χ3n) is 9.05. The Morgan fingerprint density at radius 2 is 1.28 bits per heavy atom. The van der Waals surface area contributed by atoms with Gasteiger partial charge in [-0.3, -0.25) is 0 Å². The maximum absolute atomic E-state index is 8.44. The van der Waals surface area contributed by atoms with Crippen LogP contribution in [0.2, 0.25) is 0 Å². The van der Waals surface area contributed by atoms with Crippen LogP contribution in [0, 0.1) is 13.5 Å². The molecule has 0 atom stereocenters. The van der Waals surface area contributed by atoms with E-state index in [1.54, 1.807) is 11.3 Å². The Morgan fingerprint density at radius 3 is 1.92 bits per heavy atom. The van der Waals surface area contributed by atoms with Crippen LogP contribution in [0.4, 0.5) is 33.4 Å². The topological polar surface area (TPSA) is 22.6 Å². The molecule has 0 saturated carbocycles. The maximum atomic E-state index is 8.44. The minimum atomic E-state index is 0.623. The Morgan fingerprint density at radius 1 is 0.700 bits per heavy atom. The van der Waals surface area contributed by atoms with Gasteiger partial charge in [-0.1, -0.05) is 97.1 Å². The highest BCUT2D eigenvalue weighted by Crippen LogP contribution is 2.52. The molecule has 6 aromatic rings. The summed E-state index contributed by atoms with van der Waals surface area (Å²) in [6.45, 7) is 10.5. The van der Waals surface area contributed by atoms with Crippen molar-refractivity contribution < 1.29 is 4.58 Å². The lowest BCUT2D eigenvalue weighted by Crippen LogP contribution is -2.10. The molecular weight excluding hydrogens is 629 g/mol. The quantitative estimate of drug-likeness (QED) is 0.129. The number of nitrogens with one attached hydrogen (secondary N) is 1. The molecule has 1 aromatic heterocycles. The van der Waals surface area contributed by atoms with Crippen LogP contribution in [0.25, 0.3) is 21.5 Å². The molecule has 0 radical (unpaired) electrons. The highest BCUT2D eigenvalue weighted by molar-refractivity contribution is 7.18. The van der Waals surface area contributed by atoms with E-state index in [0.717, 1.165) is 71.7 Å². The fourth-order valence-corrected chi connectivity index (χ4v) is 7.50. The highest BCUT2D eigenvalue weighted by Gasteiger charge is 2.26. The largest absolute Gasteiger partial charge is 0.356 e. The van der Waals surface area contributed by atoms with E-state index in [1.165, 1.54) is 0 Å². The van der Waals surface area contributed by atoms with Crippen molar-refractivity contribution in [3.05, 3.63) is 197 Å².